The second kappa shape index (κ2) is 11.7. The number of likely N-dealkylation sites (tertiary alicyclic amines) is 2. The molecule has 1 aromatic heterocycles. The number of primary amides is 1. The van der Waals surface area contributed by atoms with Crippen LogP contribution in [0.25, 0.3) is 11.1 Å². The molecule has 2 aromatic rings. The molecule has 2 atom stereocenters. The van der Waals surface area contributed by atoms with Gasteiger partial charge in [-0.05, 0) is 55.6 Å². The quantitative estimate of drug-likeness (QED) is 0.512. The maximum Gasteiger partial charge on any atom is 0.260 e. The van der Waals surface area contributed by atoms with E-state index in [1.54, 1.807) is 29.3 Å². The van der Waals surface area contributed by atoms with E-state index >= 15 is 0 Å². The van der Waals surface area contributed by atoms with Crippen LogP contribution in [0.5, 0.6) is 5.88 Å². The molecular formula is C27H33F3N4O4. The Labute approximate surface area is 219 Å². The van der Waals surface area contributed by atoms with Gasteiger partial charge in [0.15, 0.2) is 0 Å². The summed E-state index contributed by atoms with van der Waals surface area (Å²) in [6.07, 6.45) is 2.07. The SMILES string of the molecule is CCC(F)(F)CN1CCC(COc2ccc(-c3ccc(C(=O)N4CC(O)CC4C(N)=O)c(F)c3)cn2)CC1. The molecule has 8 nitrogen and oxygen atoms in total. The minimum absolute atomic E-state index is 0.0257. The number of nitrogens with zero attached hydrogens (tertiary/aromatic N) is 3. The molecule has 2 aliphatic heterocycles. The molecule has 2 aliphatic rings. The van der Waals surface area contributed by atoms with Crippen LogP contribution in [-0.4, -0.2) is 82.6 Å². The standard InChI is InChI=1S/C27H33F3N4O4/c1-2-27(29,30)16-33-9-7-17(8-10-33)15-38-24-6-4-19(13-32-24)18-3-5-21(22(28)11-18)26(37)34-14-20(35)12-23(34)25(31)36/h3-6,11,13,17,20,23,35H,2,7-10,12,14-16H2,1H3,(H2,31,36). The van der Waals surface area contributed by atoms with Gasteiger partial charge in [0.2, 0.25) is 11.8 Å². The molecule has 2 saturated heterocycles. The minimum Gasteiger partial charge on any atom is -0.477 e. The van der Waals surface area contributed by atoms with Gasteiger partial charge in [0.25, 0.3) is 11.8 Å². The smallest absolute Gasteiger partial charge is 0.260 e. The number of rotatable bonds is 9. The molecule has 206 valence electrons. The number of aromatic nitrogens is 1. The summed E-state index contributed by atoms with van der Waals surface area (Å²) in [5.41, 5.74) is 6.23. The van der Waals surface area contributed by atoms with Crippen molar-refractivity contribution in [2.24, 2.45) is 11.7 Å². The number of aliphatic hydroxyl groups excluding tert-OH is 1. The van der Waals surface area contributed by atoms with E-state index in [0.29, 0.717) is 36.7 Å². The molecule has 0 spiro atoms. The number of piperidine rings is 1. The summed E-state index contributed by atoms with van der Waals surface area (Å²) in [6, 6.07) is 6.55. The molecule has 0 bridgehead atoms. The first-order valence-corrected chi connectivity index (χ1v) is 12.8. The van der Waals surface area contributed by atoms with E-state index in [4.69, 9.17) is 10.5 Å². The maximum atomic E-state index is 14.9. The van der Waals surface area contributed by atoms with Crippen LogP contribution in [0.3, 0.4) is 0 Å². The van der Waals surface area contributed by atoms with Crippen LogP contribution in [0.15, 0.2) is 36.5 Å². The Morgan fingerprint density at radius 1 is 1.18 bits per heavy atom. The Bertz CT molecular complexity index is 1140. The summed E-state index contributed by atoms with van der Waals surface area (Å²) in [5, 5.41) is 9.83. The minimum atomic E-state index is -2.65. The van der Waals surface area contributed by atoms with Gasteiger partial charge in [-0.1, -0.05) is 13.0 Å². The highest BCUT2D eigenvalue weighted by molar-refractivity contribution is 5.98. The lowest BCUT2D eigenvalue weighted by atomic mass is 9.97. The van der Waals surface area contributed by atoms with Crippen LogP contribution in [0, 0.1) is 11.7 Å². The normalized spacial score (nSPS) is 21.0. The third-order valence-corrected chi connectivity index (χ3v) is 7.28. The fourth-order valence-corrected chi connectivity index (χ4v) is 4.92. The Balaban J connectivity index is 1.32. The van der Waals surface area contributed by atoms with Crippen molar-refractivity contribution >= 4 is 11.8 Å². The van der Waals surface area contributed by atoms with Gasteiger partial charge in [0.05, 0.1) is 24.8 Å². The number of alkyl halides is 2. The first kappa shape index (κ1) is 27.8. The van der Waals surface area contributed by atoms with Gasteiger partial charge in [0, 0.05) is 37.2 Å². The van der Waals surface area contributed by atoms with Gasteiger partial charge in [-0.15, -0.1) is 0 Å². The molecule has 11 heteroatoms. The van der Waals surface area contributed by atoms with Gasteiger partial charge >= 0.3 is 0 Å². The maximum absolute atomic E-state index is 14.9. The first-order chi connectivity index (χ1) is 18.1. The highest BCUT2D eigenvalue weighted by atomic mass is 19.3. The van der Waals surface area contributed by atoms with E-state index < -0.39 is 35.7 Å². The molecular weight excluding hydrogens is 501 g/mol. The number of nitrogens with two attached hydrogens (primary N) is 1. The van der Waals surface area contributed by atoms with E-state index in [-0.39, 0.29) is 37.4 Å². The van der Waals surface area contributed by atoms with E-state index in [0.717, 1.165) is 17.7 Å². The number of β-amino-alcohol motifs (C(OH)–C–C–N with tert-alkyl or cyclic N) is 1. The van der Waals surface area contributed by atoms with Gasteiger partial charge in [-0.3, -0.25) is 14.5 Å². The van der Waals surface area contributed by atoms with Gasteiger partial charge in [-0.25, -0.2) is 18.2 Å². The lowest BCUT2D eigenvalue weighted by Gasteiger charge is -2.33. The average Bonchev–Trinajstić information content (AvgIpc) is 3.30. The second-order valence-electron chi connectivity index (χ2n) is 10.1. The molecule has 2 amide bonds. The Morgan fingerprint density at radius 2 is 1.89 bits per heavy atom. The summed E-state index contributed by atoms with van der Waals surface area (Å²) in [4.78, 5) is 31.6. The molecule has 3 heterocycles. The van der Waals surface area contributed by atoms with Gasteiger partial charge in [-0.2, -0.15) is 0 Å². The molecule has 38 heavy (non-hydrogen) atoms. The number of pyridine rings is 1. The number of ether oxygens (including phenoxy) is 1. The largest absolute Gasteiger partial charge is 0.477 e. The predicted molar refractivity (Wildman–Crippen MR) is 134 cm³/mol. The highest BCUT2D eigenvalue weighted by Gasteiger charge is 2.39. The van der Waals surface area contributed by atoms with E-state index in [2.05, 4.69) is 4.98 Å². The van der Waals surface area contributed by atoms with E-state index in [9.17, 15) is 27.9 Å². The molecule has 2 unspecified atom stereocenters. The van der Waals surface area contributed by atoms with Crippen LogP contribution in [0.1, 0.15) is 43.0 Å². The van der Waals surface area contributed by atoms with Crippen molar-refractivity contribution < 1.29 is 32.6 Å². The van der Waals surface area contributed by atoms with Crippen LogP contribution >= 0.6 is 0 Å². The third kappa shape index (κ3) is 6.63. The van der Waals surface area contributed by atoms with Crippen molar-refractivity contribution in [3.05, 3.63) is 47.9 Å². The fraction of sp³-hybridized carbons (Fsp3) is 0.519. The number of amides is 2. The highest BCUT2D eigenvalue weighted by Crippen LogP contribution is 2.27. The number of hydrogen-bond donors (Lipinski definition) is 2. The molecule has 2 fully saturated rings. The summed E-state index contributed by atoms with van der Waals surface area (Å²) < 4.78 is 47.9. The number of halogens is 3. The molecule has 0 saturated carbocycles. The van der Waals surface area contributed by atoms with Crippen molar-refractivity contribution in [3.63, 3.8) is 0 Å². The van der Waals surface area contributed by atoms with Crippen molar-refractivity contribution in [2.45, 2.75) is 50.7 Å². The fourth-order valence-electron chi connectivity index (χ4n) is 4.92. The van der Waals surface area contributed by atoms with Crippen LogP contribution in [0.4, 0.5) is 13.2 Å². The molecule has 0 aliphatic carbocycles. The molecule has 4 rings (SSSR count). The Morgan fingerprint density at radius 3 is 2.50 bits per heavy atom. The zero-order valence-corrected chi connectivity index (χ0v) is 21.3. The molecule has 3 N–H and O–H groups in total. The number of benzene rings is 1. The number of carbonyl (C=O) groups is 2. The third-order valence-electron chi connectivity index (χ3n) is 7.28. The van der Waals surface area contributed by atoms with Crippen LogP contribution in [0.2, 0.25) is 0 Å². The van der Waals surface area contributed by atoms with E-state index in [1.807, 2.05) is 0 Å². The van der Waals surface area contributed by atoms with Crippen molar-refractivity contribution in [1.82, 2.24) is 14.8 Å². The second-order valence-corrected chi connectivity index (χ2v) is 10.1. The monoisotopic (exact) mass is 534 g/mol. The van der Waals surface area contributed by atoms with Crippen LogP contribution < -0.4 is 10.5 Å². The molecule has 0 radical (unpaired) electrons. The number of carbonyl (C=O) groups excluding carboxylic acids is 2. The van der Waals surface area contributed by atoms with Gasteiger partial charge in [0.1, 0.15) is 11.9 Å². The summed E-state index contributed by atoms with van der Waals surface area (Å²) in [5.74, 6) is -4.21. The van der Waals surface area contributed by atoms with Crippen molar-refractivity contribution in [1.29, 1.82) is 0 Å². The Hall–Kier alpha value is -3.18. The Kier molecular flexibility index (Phi) is 8.57. The van der Waals surface area contributed by atoms with Crippen molar-refractivity contribution in [2.75, 3.05) is 32.8 Å². The zero-order valence-electron chi connectivity index (χ0n) is 21.3. The van der Waals surface area contributed by atoms with Gasteiger partial charge < -0.3 is 20.5 Å². The summed E-state index contributed by atoms with van der Waals surface area (Å²) >= 11 is 0. The van der Waals surface area contributed by atoms with Crippen molar-refractivity contribution in [3.8, 4) is 17.0 Å². The average molecular weight is 535 g/mol. The first-order valence-electron chi connectivity index (χ1n) is 12.8. The molecule has 1 aromatic carbocycles. The lowest BCUT2D eigenvalue weighted by molar-refractivity contribution is -0.121. The van der Waals surface area contributed by atoms with E-state index in [1.165, 1.54) is 19.1 Å². The van der Waals surface area contributed by atoms with Crippen LogP contribution in [-0.2, 0) is 4.79 Å². The number of aliphatic hydroxyl groups is 1. The predicted octanol–water partition coefficient (Wildman–Crippen LogP) is 3.08. The zero-order chi connectivity index (χ0) is 27.4. The lowest BCUT2D eigenvalue weighted by Crippen LogP contribution is -2.44. The summed E-state index contributed by atoms with van der Waals surface area (Å²) in [6.45, 7) is 2.86. The summed E-state index contributed by atoms with van der Waals surface area (Å²) in [7, 11) is 0. The topological polar surface area (TPSA) is 109 Å². The number of hydrogen-bond acceptors (Lipinski definition) is 6.